The molecule has 0 spiro atoms. The Bertz CT molecular complexity index is 458. The van der Waals surface area contributed by atoms with Gasteiger partial charge < -0.3 is 24.8 Å². The molecule has 0 aliphatic rings. The first-order valence-electron chi connectivity index (χ1n) is 7.29. The first-order valence-corrected chi connectivity index (χ1v) is 7.29. The van der Waals surface area contributed by atoms with Gasteiger partial charge in [-0.15, -0.1) is 0 Å². The van der Waals surface area contributed by atoms with Crippen LogP contribution in [0.1, 0.15) is 26.3 Å². The smallest absolute Gasteiger partial charge is 0.407 e. The summed E-state index contributed by atoms with van der Waals surface area (Å²) >= 11 is 0. The molecule has 1 aromatic carbocycles. The molecule has 0 saturated carbocycles. The van der Waals surface area contributed by atoms with Gasteiger partial charge in [0.15, 0.2) is 6.79 Å². The summed E-state index contributed by atoms with van der Waals surface area (Å²) in [5.41, 5.74) is 0.562. The van der Waals surface area contributed by atoms with Crippen LogP contribution in [0.2, 0.25) is 0 Å². The Labute approximate surface area is 132 Å². The van der Waals surface area contributed by atoms with Crippen LogP contribution in [0.5, 0.6) is 5.75 Å². The molecule has 6 nitrogen and oxygen atoms in total. The van der Waals surface area contributed by atoms with Crippen LogP contribution in [0.4, 0.5) is 4.79 Å². The fourth-order valence-corrected chi connectivity index (χ4v) is 1.70. The molecule has 2 N–H and O–H groups in total. The maximum absolute atomic E-state index is 11.5. The highest BCUT2D eigenvalue weighted by Crippen LogP contribution is 2.17. The predicted molar refractivity (Wildman–Crippen MR) is 84.9 cm³/mol. The predicted octanol–water partition coefficient (Wildman–Crippen LogP) is 2.28. The number of carbonyl (C=O) groups is 1. The number of hydrogen-bond donors (Lipinski definition) is 2. The summed E-state index contributed by atoms with van der Waals surface area (Å²) in [6.07, 6.45) is -0.405. The average molecular weight is 310 g/mol. The minimum absolute atomic E-state index is 0.219. The van der Waals surface area contributed by atoms with Crippen molar-refractivity contribution in [1.82, 2.24) is 10.6 Å². The first kappa shape index (κ1) is 18.3. The van der Waals surface area contributed by atoms with Crippen LogP contribution in [0.25, 0.3) is 0 Å². The Kier molecular flexibility index (Phi) is 7.70. The topological polar surface area (TPSA) is 68.8 Å². The molecule has 0 saturated heterocycles. The van der Waals surface area contributed by atoms with Crippen molar-refractivity contribution < 1.29 is 19.0 Å². The average Bonchev–Trinajstić information content (AvgIpc) is 2.44. The molecule has 0 radical (unpaired) electrons. The minimum atomic E-state index is -0.477. The van der Waals surface area contributed by atoms with Crippen LogP contribution in [0, 0.1) is 0 Å². The van der Waals surface area contributed by atoms with E-state index >= 15 is 0 Å². The molecule has 6 heteroatoms. The van der Waals surface area contributed by atoms with Crippen LogP contribution in [0.3, 0.4) is 0 Å². The number of benzene rings is 1. The highest BCUT2D eigenvalue weighted by atomic mass is 16.7. The summed E-state index contributed by atoms with van der Waals surface area (Å²) in [5.74, 6) is 0.789. The molecule has 1 rings (SSSR count). The second-order valence-electron chi connectivity index (χ2n) is 5.76. The van der Waals surface area contributed by atoms with Gasteiger partial charge in [0, 0.05) is 32.3 Å². The van der Waals surface area contributed by atoms with E-state index in [-0.39, 0.29) is 6.79 Å². The van der Waals surface area contributed by atoms with E-state index in [2.05, 4.69) is 10.6 Å². The third kappa shape index (κ3) is 7.85. The lowest BCUT2D eigenvalue weighted by Crippen LogP contribution is -2.36. The molecule has 22 heavy (non-hydrogen) atoms. The maximum atomic E-state index is 11.5. The van der Waals surface area contributed by atoms with E-state index < -0.39 is 11.7 Å². The Morgan fingerprint density at radius 1 is 1.18 bits per heavy atom. The van der Waals surface area contributed by atoms with Crippen LogP contribution in [0.15, 0.2) is 24.3 Å². The SMILES string of the molecule is COCOc1ccccc1CNCCNC(=O)OC(C)(C)C. The fourth-order valence-electron chi connectivity index (χ4n) is 1.70. The van der Waals surface area contributed by atoms with Gasteiger partial charge in [0.25, 0.3) is 0 Å². The van der Waals surface area contributed by atoms with Crippen LogP contribution >= 0.6 is 0 Å². The first-order chi connectivity index (χ1) is 10.4. The molecular weight excluding hydrogens is 284 g/mol. The lowest BCUT2D eigenvalue weighted by molar-refractivity contribution is 0.0501. The molecule has 1 amide bonds. The van der Waals surface area contributed by atoms with Crippen molar-refractivity contribution in [3.05, 3.63) is 29.8 Å². The molecule has 1 aromatic rings. The van der Waals surface area contributed by atoms with Gasteiger partial charge in [-0.1, -0.05) is 18.2 Å². The van der Waals surface area contributed by atoms with Crippen molar-refractivity contribution in [2.45, 2.75) is 32.9 Å². The van der Waals surface area contributed by atoms with Gasteiger partial charge in [0.2, 0.25) is 0 Å². The summed E-state index contributed by atoms with van der Waals surface area (Å²) in [6, 6.07) is 7.75. The third-order valence-corrected chi connectivity index (χ3v) is 2.59. The summed E-state index contributed by atoms with van der Waals surface area (Å²) in [4.78, 5) is 11.5. The maximum Gasteiger partial charge on any atom is 0.407 e. The highest BCUT2D eigenvalue weighted by molar-refractivity contribution is 5.67. The number of carbonyl (C=O) groups excluding carboxylic acids is 1. The molecule has 0 bridgehead atoms. The third-order valence-electron chi connectivity index (χ3n) is 2.59. The summed E-state index contributed by atoms with van der Waals surface area (Å²) < 4.78 is 15.5. The van der Waals surface area contributed by atoms with Crippen molar-refractivity contribution in [1.29, 1.82) is 0 Å². The lowest BCUT2D eigenvalue weighted by atomic mass is 10.2. The quantitative estimate of drug-likeness (QED) is 0.569. The second kappa shape index (κ2) is 9.27. The van der Waals surface area contributed by atoms with Crippen molar-refractivity contribution in [2.75, 3.05) is 27.0 Å². The van der Waals surface area contributed by atoms with Gasteiger partial charge in [-0.05, 0) is 26.8 Å². The zero-order valence-corrected chi connectivity index (χ0v) is 13.8. The van der Waals surface area contributed by atoms with E-state index in [0.717, 1.165) is 11.3 Å². The van der Waals surface area contributed by atoms with E-state index in [0.29, 0.717) is 19.6 Å². The Morgan fingerprint density at radius 2 is 1.91 bits per heavy atom. The standard InChI is InChI=1S/C16H26N2O4/c1-16(2,3)22-15(19)18-10-9-17-11-13-7-5-6-8-14(13)21-12-20-4/h5-8,17H,9-12H2,1-4H3,(H,18,19). The minimum Gasteiger partial charge on any atom is -0.467 e. The molecule has 0 heterocycles. The Hall–Kier alpha value is -1.79. The second-order valence-corrected chi connectivity index (χ2v) is 5.76. The summed E-state index contributed by atoms with van der Waals surface area (Å²) in [7, 11) is 1.59. The number of alkyl carbamates (subject to hydrolysis) is 1. The monoisotopic (exact) mass is 310 g/mol. The molecule has 0 aromatic heterocycles. The van der Waals surface area contributed by atoms with Crippen LogP contribution < -0.4 is 15.4 Å². The van der Waals surface area contributed by atoms with Gasteiger partial charge in [0.1, 0.15) is 11.4 Å². The number of methoxy groups -OCH3 is 1. The van der Waals surface area contributed by atoms with Crippen molar-refractivity contribution in [3.63, 3.8) is 0 Å². The largest absolute Gasteiger partial charge is 0.467 e. The number of rotatable bonds is 8. The summed E-state index contributed by atoms with van der Waals surface area (Å²) in [6.45, 7) is 7.51. The fraction of sp³-hybridized carbons (Fsp3) is 0.562. The van der Waals surface area contributed by atoms with E-state index in [9.17, 15) is 4.79 Å². The summed E-state index contributed by atoms with van der Waals surface area (Å²) in [5, 5.41) is 5.95. The van der Waals surface area contributed by atoms with Crippen molar-refractivity contribution in [2.24, 2.45) is 0 Å². The van der Waals surface area contributed by atoms with Gasteiger partial charge >= 0.3 is 6.09 Å². The zero-order valence-electron chi connectivity index (χ0n) is 13.8. The van der Waals surface area contributed by atoms with Gasteiger partial charge in [-0.3, -0.25) is 0 Å². The molecule has 0 aliphatic carbocycles. The van der Waals surface area contributed by atoms with Crippen molar-refractivity contribution >= 4 is 6.09 Å². The molecule has 0 unspecified atom stereocenters. The molecule has 124 valence electrons. The molecular formula is C16H26N2O4. The molecule has 0 aliphatic heterocycles. The number of amides is 1. The van der Waals surface area contributed by atoms with Gasteiger partial charge in [0.05, 0.1) is 0 Å². The van der Waals surface area contributed by atoms with Gasteiger partial charge in [-0.25, -0.2) is 4.79 Å². The number of para-hydroxylation sites is 1. The normalized spacial score (nSPS) is 11.1. The van der Waals surface area contributed by atoms with E-state index in [4.69, 9.17) is 14.2 Å². The molecule has 0 fully saturated rings. The van der Waals surface area contributed by atoms with Gasteiger partial charge in [-0.2, -0.15) is 0 Å². The Morgan fingerprint density at radius 3 is 2.59 bits per heavy atom. The number of hydrogen-bond acceptors (Lipinski definition) is 5. The lowest BCUT2D eigenvalue weighted by Gasteiger charge is -2.19. The highest BCUT2D eigenvalue weighted by Gasteiger charge is 2.15. The Balaban J connectivity index is 2.26. The zero-order chi connectivity index (χ0) is 16.4. The molecule has 0 atom stereocenters. The number of ether oxygens (including phenoxy) is 3. The van der Waals surface area contributed by atoms with Crippen LogP contribution in [-0.2, 0) is 16.0 Å². The van der Waals surface area contributed by atoms with Crippen molar-refractivity contribution in [3.8, 4) is 5.75 Å². The van der Waals surface area contributed by atoms with E-state index in [1.54, 1.807) is 7.11 Å². The van der Waals surface area contributed by atoms with E-state index in [1.807, 2.05) is 45.0 Å². The van der Waals surface area contributed by atoms with Crippen LogP contribution in [-0.4, -0.2) is 38.7 Å². The van der Waals surface area contributed by atoms with E-state index in [1.165, 1.54) is 0 Å². The number of nitrogens with one attached hydrogen (secondary N) is 2.